The van der Waals surface area contributed by atoms with Crippen LogP contribution >= 0.6 is 0 Å². The standard InChI is InChI=1S/C10H19O/c1-8-6-5-7-10(4,11)9(8,2)3/h8H,5-7H2,1-4H3. The summed E-state index contributed by atoms with van der Waals surface area (Å²) in [6.07, 6.45) is 3.19. The first-order chi connectivity index (χ1) is 4.88. The lowest BCUT2D eigenvalue weighted by Crippen LogP contribution is -2.47. The molecular weight excluding hydrogens is 136 g/mol. The summed E-state index contributed by atoms with van der Waals surface area (Å²) in [5.41, 5.74) is -0.726. The van der Waals surface area contributed by atoms with Crippen molar-refractivity contribution in [2.45, 2.75) is 52.6 Å². The Kier molecular flexibility index (Phi) is 2.04. The molecule has 1 fully saturated rings. The Bertz CT molecular complexity index is 147. The van der Waals surface area contributed by atoms with E-state index in [0.717, 1.165) is 12.8 Å². The highest BCUT2D eigenvalue weighted by Crippen LogP contribution is 2.47. The summed E-state index contributed by atoms with van der Waals surface area (Å²) in [5.74, 6) is 0.582. The van der Waals surface area contributed by atoms with Crippen molar-refractivity contribution in [3.8, 4) is 0 Å². The van der Waals surface area contributed by atoms with Crippen LogP contribution in [0.5, 0.6) is 0 Å². The Hall–Kier alpha value is -0.0400. The maximum absolute atomic E-state index is 12.0. The fraction of sp³-hybridized carbons (Fsp3) is 1.00. The van der Waals surface area contributed by atoms with E-state index in [-0.39, 0.29) is 5.41 Å². The van der Waals surface area contributed by atoms with Gasteiger partial charge in [-0.25, -0.2) is 5.11 Å². The third kappa shape index (κ3) is 1.31. The van der Waals surface area contributed by atoms with Crippen LogP contribution < -0.4 is 0 Å². The molecule has 2 unspecified atom stereocenters. The van der Waals surface area contributed by atoms with Crippen molar-refractivity contribution in [3.05, 3.63) is 0 Å². The molecule has 0 bridgehead atoms. The monoisotopic (exact) mass is 155 g/mol. The normalized spacial score (nSPS) is 43.9. The highest BCUT2D eigenvalue weighted by atomic mass is 16.3. The van der Waals surface area contributed by atoms with Crippen LogP contribution in [-0.4, -0.2) is 5.60 Å². The van der Waals surface area contributed by atoms with Crippen LogP contribution in [0.2, 0.25) is 0 Å². The first-order valence-corrected chi connectivity index (χ1v) is 4.58. The average Bonchev–Trinajstić information content (AvgIpc) is 1.84. The minimum atomic E-state index is -0.704. The van der Waals surface area contributed by atoms with Crippen LogP contribution in [0.4, 0.5) is 0 Å². The SMILES string of the molecule is CC1CCCC(C)([O])C1(C)C. The highest BCUT2D eigenvalue weighted by Gasteiger charge is 2.46. The van der Waals surface area contributed by atoms with E-state index >= 15 is 0 Å². The van der Waals surface area contributed by atoms with Gasteiger partial charge in [-0.15, -0.1) is 0 Å². The molecule has 1 heteroatoms. The molecule has 0 N–H and O–H groups in total. The Morgan fingerprint density at radius 1 is 1.27 bits per heavy atom. The van der Waals surface area contributed by atoms with E-state index < -0.39 is 5.60 Å². The van der Waals surface area contributed by atoms with Gasteiger partial charge >= 0.3 is 0 Å². The zero-order valence-electron chi connectivity index (χ0n) is 8.11. The second-order valence-corrected chi connectivity index (χ2v) is 4.75. The Morgan fingerprint density at radius 3 is 2.18 bits per heavy atom. The lowest BCUT2D eigenvalue weighted by Gasteiger charge is -2.46. The van der Waals surface area contributed by atoms with E-state index in [1.807, 2.05) is 6.92 Å². The molecule has 0 heterocycles. The van der Waals surface area contributed by atoms with E-state index in [2.05, 4.69) is 20.8 Å². The lowest BCUT2D eigenvalue weighted by atomic mass is 9.61. The largest absolute Gasteiger partial charge is 0.229 e. The van der Waals surface area contributed by atoms with Gasteiger partial charge in [0.2, 0.25) is 0 Å². The van der Waals surface area contributed by atoms with Crippen LogP contribution in [0.25, 0.3) is 0 Å². The van der Waals surface area contributed by atoms with Gasteiger partial charge in [0.1, 0.15) is 5.60 Å². The third-order valence-electron chi connectivity index (χ3n) is 3.89. The molecule has 0 amide bonds. The molecule has 1 saturated carbocycles. The summed E-state index contributed by atoms with van der Waals surface area (Å²) in [6.45, 7) is 8.30. The van der Waals surface area contributed by atoms with Crippen molar-refractivity contribution in [3.63, 3.8) is 0 Å². The van der Waals surface area contributed by atoms with Crippen LogP contribution in [0.15, 0.2) is 0 Å². The number of hydrogen-bond acceptors (Lipinski definition) is 0. The zero-order chi connectivity index (χ0) is 8.70. The van der Waals surface area contributed by atoms with Crippen molar-refractivity contribution in [2.24, 2.45) is 11.3 Å². The molecule has 1 nitrogen and oxygen atoms in total. The van der Waals surface area contributed by atoms with Gasteiger partial charge in [-0.3, -0.25) is 0 Å². The van der Waals surface area contributed by atoms with Crippen LogP contribution in [-0.2, 0) is 5.11 Å². The molecule has 1 radical (unpaired) electrons. The third-order valence-corrected chi connectivity index (χ3v) is 3.89. The maximum Gasteiger partial charge on any atom is 0.106 e. The van der Waals surface area contributed by atoms with Gasteiger partial charge in [-0.2, -0.15) is 0 Å². The summed E-state index contributed by atoms with van der Waals surface area (Å²) in [4.78, 5) is 0. The lowest BCUT2D eigenvalue weighted by molar-refractivity contribution is -0.151. The summed E-state index contributed by atoms with van der Waals surface area (Å²) < 4.78 is 0. The van der Waals surface area contributed by atoms with Gasteiger partial charge in [-0.05, 0) is 31.1 Å². The summed E-state index contributed by atoms with van der Waals surface area (Å²) in [6, 6.07) is 0. The van der Waals surface area contributed by atoms with E-state index in [1.54, 1.807) is 0 Å². The Labute approximate surface area is 69.8 Å². The first-order valence-electron chi connectivity index (χ1n) is 4.58. The molecule has 11 heavy (non-hydrogen) atoms. The molecule has 0 aromatic heterocycles. The zero-order valence-corrected chi connectivity index (χ0v) is 8.11. The van der Waals surface area contributed by atoms with Gasteiger partial charge < -0.3 is 0 Å². The molecule has 0 saturated heterocycles. The van der Waals surface area contributed by atoms with Gasteiger partial charge in [-0.1, -0.05) is 27.2 Å². The second-order valence-electron chi connectivity index (χ2n) is 4.75. The van der Waals surface area contributed by atoms with Crippen LogP contribution in [0, 0.1) is 11.3 Å². The summed E-state index contributed by atoms with van der Waals surface area (Å²) in [7, 11) is 0. The Morgan fingerprint density at radius 2 is 1.82 bits per heavy atom. The molecule has 0 aliphatic heterocycles. The van der Waals surface area contributed by atoms with Crippen molar-refractivity contribution < 1.29 is 5.11 Å². The molecule has 2 atom stereocenters. The minimum Gasteiger partial charge on any atom is -0.229 e. The van der Waals surface area contributed by atoms with Gasteiger partial charge in [0.05, 0.1) is 0 Å². The average molecular weight is 155 g/mol. The van der Waals surface area contributed by atoms with E-state index in [1.165, 1.54) is 6.42 Å². The van der Waals surface area contributed by atoms with Crippen LogP contribution in [0.3, 0.4) is 0 Å². The maximum atomic E-state index is 12.0. The van der Waals surface area contributed by atoms with Crippen molar-refractivity contribution in [2.75, 3.05) is 0 Å². The number of hydrogen-bond donors (Lipinski definition) is 0. The second kappa shape index (κ2) is 2.48. The predicted molar refractivity (Wildman–Crippen MR) is 45.9 cm³/mol. The van der Waals surface area contributed by atoms with Crippen molar-refractivity contribution in [1.82, 2.24) is 0 Å². The Balaban J connectivity index is 2.82. The van der Waals surface area contributed by atoms with Crippen molar-refractivity contribution in [1.29, 1.82) is 0 Å². The molecule has 0 aromatic rings. The summed E-state index contributed by atoms with van der Waals surface area (Å²) in [5, 5.41) is 12.0. The van der Waals surface area contributed by atoms with E-state index in [4.69, 9.17) is 0 Å². The molecule has 1 rings (SSSR count). The van der Waals surface area contributed by atoms with Gasteiger partial charge in [0.25, 0.3) is 0 Å². The topological polar surface area (TPSA) is 19.9 Å². The van der Waals surface area contributed by atoms with Gasteiger partial charge in [0.15, 0.2) is 0 Å². The van der Waals surface area contributed by atoms with E-state index in [9.17, 15) is 5.11 Å². The van der Waals surface area contributed by atoms with E-state index in [0.29, 0.717) is 5.92 Å². The first kappa shape index (κ1) is 9.05. The van der Waals surface area contributed by atoms with Gasteiger partial charge in [0, 0.05) is 0 Å². The molecular formula is C10H19O. The molecule has 1 aliphatic carbocycles. The summed E-state index contributed by atoms with van der Waals surface area (Å²) >= 11 is 0. The molecule has 1 aliphatic rings. The number of rotatable bonds is 0. The fourth-order valence-electron chi connectivity index (χ4n) is 1.95. The highest BCUT2D eigenvalue weighted by molar-refractivity contribution is 4.95. The van der Waals surface area contributed by atoms with Crippen LogP contribution in [0.1, 0.15) is 47.0 Å². The minimum absolute atomic E-state index is 0.0226. The van der Waals surface area contributed by atoms with Crippen molar-refractivity contribution >= 4 is 0 Å². The quantitative estimate of drug-likeness (QED) is 0.512. The molecule has 0 spiro atoms. The smallest absolute Gasteiger partial charge is 0.106 e. The molecule has 0 aromatic carbocycles. The fourth-order valence-corrected chi connectivity index (χ4v) is 1.95. The predicted octanol–water partition coefficient (Wildman–Crippen LogP) is 3.02. The molecule has 65 valence electrons.